The van der Waals surface area contributed by atoms with Crippen molar-refractivity contribution in [2.24, 2.45) is 0 Å². The summed E-state index contributed by atoms with van der Waals surface area (Å²) in [6, 6.07) is 4.14. The van der Waals surface area contributed by atoms with Crippen LogP contribution in [0.5, 0.6) is 5.75 Å². The van der Waals surface area contributed by atoms with Gasteiger partial charge in [0.05, 0.1) is 7.11 Å². The number of nitrogens with zero attached hydrogens (tertiary/aromatic N) is 1. The zero-order chi connectivity index (χ0) is 17.1. The number of ether oxygens (including phenoxy) is 1. The molecule has 2 fully saturated rings. The van der Waals surface area contributed by atoms with E-state index in [-0.39, 0.29) is 30.3 Å². The van der Waals surface area contributed by atoms with Gasteiger partial charge in [-0.15, -0.1) is 0 Å². The first-order chi connectivity index (χ1) is 11.6. The third-order valence-corrected chi connectivity index (χ3v) is 4.40. The molecule has 3 rings (SSSR count). The van der Waals surface area contributed by atoms with E-state index in [1.807, 2.05) is 0 Å². The molecule has 1 saturated carbocycles. The van der Waals surface area contributed by atoms with Gasteiger partial charge in [0.1, 0.15) is 6.04 Å². The van der Waals surface area contributed by atoms with Crippen molar-refractivity contribution in [1.29, 1.82) is 0 Å². The van der Waals surface area contributed by atoms with Gasteiger partial charge in [-0.2, -0.15) is 0 Å². The van der Waals surface area contributed by atoms with Crippen LogP contribution in [0.4, 0.5) is 9.18 Å². The maximum Gasteiger partial charge on any atom is 0.318 e. The fraction of sp³-hybridized carbons (Fsp3) is 0.529. The highest BCUT2D eigenvalue weighted by Gasteiger charge is 2.36. The summed E-state index contributed by atoms with van der Waals surface area (Å²) in [5.41, 5.74) is 0.639. The predicted molar refractivity (Wildman–Crippen MR) is 86.1 cm³/mol. The van der Waals surface area contributed by atoms with Gasteiger partial charge in [0.25, 0.3) is 0 Å². The van der Waals surface area contributed by atoms with Crippen molar-refractivity contribution >= 4 is 11.9 Å². The number of likely N-dealkylation sites (tertiary alicyclic amines) is 1. The number of carbonyl (C=O) groups is 2. The first-order valence-corrected chi connectivity index (χ1v) is 8.25. The van der Waals surface area contributed by atoms with Crippen molar-refractivity contribution in [3.63, 3.8) is 0 Å². The summed E-state index contributed by atoms with van der Waals surface area (Å²) in [5, 5.41) is 5.71. The average molecular weight is 335 g/mol. The minimum Gasteiger partial charge on any atom is -0.494 e. The van der Waals surface area contributed by atoms with Crippen LogP contribution >= 0.6 is 0 Å². The van der Waals surface area contributed by atoms with Crippen LogP contribution < -0.4 is 15.4 Å². The smallest absolute Gasteiger partial charge is 0.318 e. The zero-order valence-corrected chi connectivity index (χ0v) is 13.7. The monoisotopic (exact) mass is 335 g/mol. The third-order valence-electron chi connectivity index (χ3n) is 4.40. The number of benzene rings is 1. The standard InChI is InChI=1S/C17H22FN3O3/c1-24-15-7-4-11(9-13(15)18)10-19-17(23)21-8-2-3-14(21)16(22)20-12-5-6-12/h4,7,9,12,14H,2-3,5-6,8,10H2,1H3,(H,19,23)(H,20,22). The molecule has 2 N–H and O–H groups in total. The number of halogens is 1. The van der Waals surface area contributed by atoms with Gasteiger partial charge in [0.15, 0.2) is 11.6 Å². The minimum absolute atomic E-state index is 0.0689. The Kier molecular flexibility index (Phi) is 4.87. The van der Waals surface area contributed by atoms with E-state index in [2.05, 4.69) is 10.6 Å². The molecule has 1 unspecified atom stereocenters. The van der Waals surface area contributed by atoms with E-state index in [1.165, 1.54) is 19.2 Å². The quantitative estimate of drug-likeness (QED) is 0.862. The second-order valence-electron chi connectivity index (χ2n) is 6.26. The van der Waals surface area contributed by atoms with Gasteiger partial charge in [-0.3, -0.25) is 4.79 Å². The highest BCUT2D eigenvalue weighted by Crippen LogP contribution is 2.22. The molecule has 0 spiro atoms. The van der Waals surface area contributed by atoms with Crippen LogP contribution in [-0.4, -0.2) is 42.6 Å². The van der Waals surface area contributed by atoms with Crippen LogP contribution in [0.3, 0.4) is 0 Å². The molecule has 7 heteroatoms. The Balaban J connectivity index is 1.55. The summed E-state index contributed by atoms with van der Waals surface area (Å²) in [7, 11) is 1.40. The second kappa shape index (κ2) is 7.07. The van der Waals surface area contributed by atoms with Crippen LogP contribution in [0, 0.1) is 5.82 Å². The first-order valence-electron chi connectivity index (χ1n) is 8.25. The molecule has 1 atom stereocenters. The van der Waals surface area contributed by atoms with Gasteiger partial charge >= 0.3 is 6.03 Å². The molecule has 0 bridgehead atoms. The van der Waals surface area contributed by atoms with E-state index in [1.54, 1.807) is 11.0 Å². The third kappa shape index (κ3) is 3.77. The molecule has 130 valence electrons. The van der Waals surface area contributed by atoms with Crippen LogP contribution in [0.1, 0.15) is 31.2 Å². The van der Waals surface area contributed by atoms with Crippen molar-refractivity contribution in [3.8, 4) is 5.75 Å². The number of urea groups is 1. The summed E-state index contributed by atoms with van der Waals surface area (Å²) in [5.74, 6) is -0.366. The van der Waals surface area contributed by atoms with Crippen molar-refractivity contribution in [1.82, 2.24) is 15.5 Å². The number of amides is 3. The largest absolute Gasteiger partial charge is 0.494 e. The fourth-order valence-corrected chi connectivity index (χ4v) is 2.91. The molecule has 1 heterocycles. The van der Waals surface area contributed by atoms with Gasteiger partial charge in [0.2, 0.25) is 5.91 Å². The van der Waals surface area contributed by atoms with Crippen LogP contribution in [0.2, 0.25) is 0 Å². The highest BCUT2D eigenvalue weighted by molar-refractivity contribution is 5.88. The Hall–Kier alpha value is -2.31. The van der Waals surface area contributed by atoms with Gasteiger partial charge < -0.3 is 20.3 Å². The average Bonchev–Trinajstić information content (AvgIpc) is 3.24. The summed E-state index contributed by atoms with van der Waals surface area (Å²) < 4.78 is 18.5. The molecule has 1 aromatic rings. The molecule has 1 aromatic carbocycles. The zero-order valence-electron chi connectivity index (χ0n) is 13.7. The Bertz CT molecular complexity index is 634. The lowest BCUT2D eigenvalue weighted by Gasteiger charge is -2.24. The van der Waals surface area contributed by atoms with Crippen LogP contribution in [0.15, 0.2) is 18.2 Å². The van der Waals surface area contributed by atoms with Crippen molar-refractivity contribution in [2.75, 3.05) is 13.7 Å². The predicted octanol–water partition coefficient (Wildman–Crippen LogP) is 1.79. The topological polar surface area (TPSA) is 70.7 Å². The second-order valence-corrected chi connectivity index (χ2v) is 6.26. The lowest BCUT2D eigenvalue weighted by Crippen LogP contribution is -2.49. The molecule has 6 nitrogen and oxygen atoms in total. The van der Waals surface area contributed by atoms with E-state index in [0.717, 1.165) is 19.3 Å². The Morgan fingerprint density at radius 3 is 2.79 bits per heavy atom. The molecule has 1 aliphatic heterocycles. The minimum atomic E-state index is -0.466. The van der Waals surface area contributed by atoms with E-state index >= 15 is 0 Å². The van der Waals surface area contributed by atoms with Gasteiger partial charge in [-0.25, -0.2) is 9.18 Å². The van der Waals surface area contributed by atoms with E-state index < -0.39 is 11.9 Å². The van der Waals surface area contributed by atoms with E-state index in [9.17, 15) is 14.0 Å². The lowest BCUT2D eigenvalue weighted by molar-refractivity contribution is -0.124. The first kappa shape index (κ1) is 16.5. The lowest BCUT2D eigenvalue weighted by atomic mass is 10.2. The molecule has 2 aliphatic rings. The molecular weight excluding hydrogens is 313 g/mol. The molecular formula is C17H22FN3O3. The summed E-state index contributed by atoms with van der Waals surface area (Å²) in [6.07, 6.45) is 3.54. The molecule has 3 amide bonds. The highest BCUT2D eigenvalue weighted by atomic mass is 19.1. The van der Waals surface area contributed by atoms with Crippen molar-refractivity contribution < 1.29 is 18.7 Å². The number of hydrogen-bond donors (Lipinski definition) is 2. The Labute approximate surface area is 140 Å². The number of nitrogens with one attached hydrogen (secondary N) is 2. The fourth-order valence-electron chi connectivity index (χ4n) is 2.91. The molecule has 0 aromatic heterocycles. The Morgan fingerprint density at radius 1 is 1.33 bits per heavy atom. The number of carbonyl (C=O) groups excluding carboxylic acids is 2. The maximum absolute atomic E-state index is 13.7. The van der Waals surface area contributed by atoms with Gasteiger partial charge in [-0.1, -0.05) is 6.07 Å². The number of hydrogen-bond acceptors (Lipinski definition) is 3. The van der Waals surface area contributed by atoms with Crippen LogP contribution in [-0.2, 0) is 11.3 Å². The van der Waals surface area contributed by atoms with Crippen LogP contribution in [0.25, 0.3) is 0 Å². The van der Waals surface area contributed by atoms with E-state index in [0.29, 0.717) is 18.5 Å². The number of rotatable bonds is 5. The maximum atomic E-state index is 13.7. The SMILES string of the molecule is COc1ccc(CNC(=O)N2CCCC2C(=O)NC2CC2)cc1F. The Morgan fingerprint density at radius 2 is 2.12 bits per heavy atom. The van der Waals surface area contributed by atoms with Crippen molar-refractivity contribution in [2.45, 2.75) is 44.3 Å². The number of methoxy groups -OCH3 is 1. The van der Waals surface area contributed by atoms with E-state index in [4.69, 9.17) is 4.74 Å². The summed E-state index contributed by atoms with van der Waals surface area (Å²) >= 11 is 0. The molecule has 24 heavy (non-hydrogen) atoms. The molecule has 1 aliphatic carbocycles. The summed E-state index contributed by atoms with van der Waals surface area (Å²) in [4.78, 5) is 26.1. The molecule has 1 saturated heterocycles. The van der Waals surface area contributed by atoms with Gasteiger partial charge in [0, 0.05) is 19.1 Å². The normalized spacial score (nSPS) is 19.9. The summed E-state index contributed by atoms with van der Waals surface area (Å²) in [6.45, 7) is 0.763. The van der Waals surface area contributed by atoms with Crippen molar-refractivity contribution in [3.05, 3.63) is 29.6 Å². The van der Waals surface area contributed by atoms with Gasteiger partial charge in [-0.05, 0) is 43.4 Å². The molecule has 0 radical (unpaired) electrons.